The molecule has 1 aliphatic rings. The normalized spacial score (nSPS) is 14.3. The second-order valence-electron chi connectivity index (χ2n) is 7.85. The number of hydrogen-bond acceptors (Lipinski definition) is 3. The van der Waals surface area contributed by atoms with Gasteiger partial charge >= 0.3 is 6.18 Å². The second-order valence-corrected chi connectivity index (χ2v) is 7.85. The number of carbonyl (C=O) groups is 2. The van der Waals surface area contributed by atoms with Crippen molar-refractivity contribution in [3.63, 3.8) is 0 Å². The molecule has 1 saturated heterocycles. The zero-order valence-electron chi connectivity index (χ0n) is 18.0. The van der Waals surface area contributed by atoms with Gasteiger partial charge in [0.2, 0.25) is 0 Å². The van der Waals surface area contributed by atoms with E-state index in [1.54, 1.807) is 22.8 Å². The van der Waals surface area contributed by atoms with Gasteiger partial charge in [0.15, 0.2) is 0 Å². The summed E-state index contributed by atoms with van der Waals surface area (Å²) in [6.45, 7) is 3.08. The van der Waals surface area contributed by atoms with Crippen LogP contribution in [0.4, 0.5) is 13.2 Å². The highest BCUT2D eigenvalue weighted by molar-refractivity contribution is 5.96. The van der Waals surface area contributed by atoms with Crippen molar-refractivity contribution >= 4 is 11.8 Å². The summed E-state index contributed by atoms with van der Waals surface area (Å²) < 4.78 is 38.2. The maximum absolute atomic E-state index is 13.0. The summed E-state index contributed by atoms with van der Waals surface area (Å²) in [6, 6.07) is 17.5. The fraction of sp³-hybridized carbons (Fsp3) is 0.240. The molecular formula is C25H22F3N3O2. The van der Waals surface area contributed by atoms with E-state index >= 15 is 0 Å². The molecule has 33 heavy (non-hydrogen) atoms. The van der Waals surface area contributed by atoms with Crippen molar-refractivity contribution in [2.75, 3.05) is 26.2 Å². The van der Waals surface area contributed by atoms with Gasteiger partial charge in [-0.15, -0.1) is 0 Å². The molecule has 0 spiro atoms. The first-order chi connectivity index (χ1) is 15.7. The van der Waals surface area contributed by atoms with Gasteiger partial charge in [0.05, 0.1) is 22.5 Å². The number of nitrogens with zero attached hydrogens (tertiary/aromatic N) is 3. The molecule has 0 N–H and O–H groups in total. The van der Waals surface area contributed by atoms with E-state index in [-0.39, 0.29) is 17.4 Å². The summed E-state index contributed by atoms with van der Waals surface area (Å²) >= 11 is 0. The highest BCUT2D eigenvalue weighted by Crippen LogP contribution is 2.29. The number of piperazine rings is 1. The molecule has 170 valence electrons. The summed E-state index contributed by atoms with van der Waals surface area (Å²) in [4.78, 5) is 33.5. The summed E-state index contributed by atoms with van der Waals surface area (Å²) in [6.07, 6.45) is -4.44. The molecule has 3 aromatic rings. The van der Waals surface area contributed by atoms with Crippen molar-refractivity contribution in [2.24, 2.45) is 0 Å². The van der Waals surface area contributed by atoms with Crippen LogP contribution in [0.3, 0.4) is 0 Å². The third-order valence-corrected chi connectivity index (χ3v) is 5.70. The topological polar surface area (TPSA) is 53.5 Å². The first-order valence-corrected chi connectivity index (χ1v) is 10.5. The van der Waals surface area contributed by atoms with Crippen LogP contribution in [0.5, 0.6) is 0 Å². The van der Waals surface area contributed by atoms with Gasteiger partial charge in [0.1, 0.15) is 0 Å². The third-order valence-electron chi connectivity index (χ3n) is 5.70. The predicted molar refractivity (Wildman–Crippen MR) is 118 cm³/mol. The van der Waals surface area contributed by atoms with Crippen molar-refractivity contribution in [1.29, 1.82) is 0 Å². The number of benzene rings is 2. The van der Waals surface area contributed by atoms with Crippen LogP contribution in [-0.4, -0.2) is 52.8 Å². The van der Waals surface area contributed by atoms with Gasteiger partial charge in [-0.2, -0.15) is 13.2 Å². The fourth-order valence-corrected chi connectivity index (χ4v) is 3.82. The van der Waals surface area contributed by atoms with E-state index in [1.807, 2.05) is 36.4 Å². The zero-order valence-corrected chi connectivity index (χ0v) is 18.0. The molecule has 1 aliphatic heterocycles. The number of rotatable bonds is 3. The lowest BCUT2D eigenvalue weighted by Crippen LogP contribution is -2.50. The van der Waals surface area contributed by atoms with Gasteiger partial charge in [-0.1, -0.05) is 30.3 Å². The van der Waals surface area contributed by atoms with Crippen LogP contribution >= 0.6 is 0 Å². The molecule has 0 unspecified atom stereocenters. The van der Waals surface area contributed by atoms with Crippen LogP contribution in [0.2, 0.25) is 0 Å². The van der Waals surface area contributed by atoms with Gasteiger partial charge in [-0.05, 0) is 43.3 Å². The molecule has 4 rings (SSSR count). The van der Waals surface area contributed by atoms with Crippen LogP contribution in [0.1, 0.15) is 32.0 Å². The van der Waals surface area contributed by atoms with E-state index in [4.69, 9.17) is 0 Å². The highest BCUT2D eigenvalue weighted by Gasteiger charge is 2.31. The maximum atomic E-state index is 13.0. The van der Waals surface area contributed by atoms with E-state index in [0.717, 1.165) is 23.4 Å². The molecule has 2 heterocycles. The number of carbonyl (C=O) groups excluding carboxylic acids is 2. The molecule has 0 aliphatic carbocycles. The minimum atomic E-state index is -4.44. The molecule has 2 amide bonds. The average molecular weight is 453 g/mol. The monoisotopic (exact) mass is 453 g/mol. The van der Waals surface area contributed by atoms with Crippen LogP contribution in [0.15, 0.2) is 66.7 Å². The van der Waals surface area contributed by atoms with Crippen molar-refractivity contribution in [2.45, 2.75) is 13.1 Å². The Morgan fingerprint density at radius 3 is 1.91 bits per heavy atom. The van der Waals surface area contributed by atoms with E-state index in [0.29, 0.717) is 37.4 Å². The second kappa shape index (κ2) is 9.05. The zero-order chi connectivity index (χ0) is 23.6. The van der Waals surface area contributed by atoms with Crippen LogP contribution in [0, 0.1) is 6.92 Å². The van der Waals surface area contributed by atoms with Gasteiger partial charge in [-0.25, -0.2) is 0 Å². The van der Waals surface area contributed by atoms with Crippen LogP contribution in [-0.2, 0) is 6.18 Å². The Morgan fingerprint density at radius 2 is 1.36 bits per heavy atom. The summed E-state index contributed by atoms with van der Waals surface area (Å²) in [5.41, 5.74) is 2.30. The van der Waals surface area contributed by atoms with Crippen molar-refractivity contribution in [3.05, 3.63) is 89.1 Å². The number of aromatic nitrogens is 1. The van der Waals surface area contributed by atoms with Crippen LogP contribution in [0.25, 0.3) is 11.3 Å². The molecule has 0 radical (unpaired) electrons. The molecule has 0 saturated carbocycles. The van der Waals surface area contributed by atoms with E-state index < -0.39 is 11.7 Å². The SMILES string of the molecule is Cc1nc(-c2ccccc2)ccc1C(=O)N1CCN(C(=O)c2ccc(C(F)(F)F)cc2)CC1. The van der Waals surface area contributed by atoms with Gasteiger partial charge in [0.25, 0.3) is 11.8 Å². The van der Waals surface area contributed by atoms with Gasteiger partial charge in [0, 0.05) is 37.3 Å². The molecular weight excluding hydrogens is 431 g/mol. The Morgan fingerprint density at radius 1 is 0.788 bits per heavy atom. The summed E-state index contributed by atoms with van der Waals surface area (Å²) in [5, 5.41) is 0. The number of alkyl halides is 3. The number of aryl methyl sites for hydroxylation is 1. The first-order valence-electron chi connectivity index (χ1n) is 10.5. The lowest BCUT2D eigenvalue weighted by Gasteiger charge is -2.35. The Balaban J connectivity index is 1.39. The Labute approximate surface area is 189 Å². The van der Waals surface area contributed by atoms with E-state index in [2.05, 4.69) is 4.98 Å². The minimum absolute atomic E-state index is 0.152. The lowest BCUT2D eigenvalue weighted by atomic mass is 10.1. The number of pyridine rings is 1. The largest absolute Gasteiger partial charge is 0.416 e. The summed E-state index contributed by atoms with van der Waals surface area (Å²) in [7, 11) is 0. The van der Waals surface area contributed by atoms with Gasteiger partial charge < -0.3 is 9.80 Å². The average Bonchev–Trinajstić information content (AvgIpc) is 2.83. The smallest absolute Gasteiger partial charge is 0.335 e. The van der Waals surface area contributed by atoms with E-state index in [9.17, 15) is 22.8 Å². The maximum Gasteiger partial charge on any atom is 0.416 e. The minimum Gasteiger partial charge on any atom is -0.335 e. The Kier molecular flexibility index (Phi) is 6.18. The highest BCUT2D eigenvalue weighted by atomic mass is 19.4. The number of amides is 2. The third kappa shape index (κ3) is 4.89. The fourth-order valence-electron chi connectivity index (χ4n) is 3.82. The molecule has 1 aromatic heterocycles. The van der Waals surface area contributed by atoms with Crippen molar-refractivity contribution < 1.29 is 22.8 Å². The van der Waals surface area contributed by atoms with E-state index in [1.165, 1.54) is 12.1 Å². The van der Waals surface area contributed by atoms with Gasteiger partial charge in [-0.3, -0.25) is 14.6 Å². The van der Waals surface area contributed by atoms with Crippen molar-refractivity contribution in [1.82, 2.24) is 14.8 Å². The Hall–Kier alpha value is -3.68. The molecule has 0 atom stereocenters. The first kappa shape index (κ1) is 22.5. The predicted octanol–water partition coefficient (Wildman–Crippen LogP) is 4.67. The molecule has 5 nitrogen and oxygen atoms in total. The standard InChI is InChI=1S/C25H22F3N3O2/c1-17-21(11-12-22(29-17)18-5-3-2-4-6-18)24(33)31-15-13-30(14-16-31)23(32)19-7-9-20(10-8-19)25(26,27)28/h2-12H,13-16H2,1H3. The lowest BCUT2D eigenvalue weighted by molar-refractivity contribution is -0.137. The quantitative estimate of drug-likeness (QED) is 0.579. The molecule has 0 bridgehead atoms. The summed E-state index contributed by atoms with van der Waals surface area (Å²) in [5.74, 6) is -0.498. The number of halogens is 3. The van der Waals surface area contributed by atoms with Crippen molar-refractivity contribution in [3.8, 4) is 11.3 Å². The van der Waals surface area contributed by atoms with Crippen LogP contribution < -0.4 is 0 Å². The molecule has 2 aromatic carbocycles. The Bertz CT molecular complexity index is 1150. The molecule has 8 heteroatoms. The molecule has 1 fully saturated rings. The number of hydrogen-bond donors (Lipinski definition) is 0.